The molecule has 0 radical (unpaired) electrons. The van der Waals surface area contributed by atoms with Crippen molar-refractivity contribution in [2.24, 2.45) is 0 Å². The maximum atomic E-state index is 12.1. The molecule has 100 valence electrons. The minimum absolute atomic E-state index is 0.0520. The molecule has 1 aromatic heterocycles. The Balaban J connectivity index is 1.99. The number of aromatic nitrogens is 2. The van der Waals surface area contributed by atoms with E-state index in [1.807, 2.05) is 25.7 Å². The summed E-state index contributed by atoms with van der Waals surface area (Å²) in [6.45, 7) is 7.28. The number of morpholine rings is 1. The lowest BCUT2D eigenvalue weighted by Gasteiger charge is -2.35. The molecule has 0 aromatic carbocycles. The molecule has 1 amide bonds. The van der Waals surface area contributed by atoms with Gasteiger partial charge in [0.15, 0.2) is 0 Å². The van der Waals surface area contributed by atoms with Crippen molar-refractivity contribution in [3.05, 3.63) is 16.9 Å². The van der Waals surface area contributed by atoms with Gasteiger partial charge >= 0.3 is 0 Å². The minimum atomic E-state index is 0.0520. The van der Waals surface area contributed by atoms with Crippen molar-refractivity contribution in [2.75, 3.05) is 13.1 Å². The van der Waals surface area contributed by atoms with Crippen LogP contribution in [0.1, 0.15) is 19.5 Å². The zero-order valence-electron chi connectivity index (χ0n) is 10.9. The van der Waals surface area contributed by atoms with Crippen LogP contribution in [-0.2, 0) is 16.1 Å². The van der Waals surface area contributed by atoms with Crippen molar-refractivity contribution in [3.63, 3.8) is 0 Å². The number of carbonyl (C=O) groups excluding carboxylic acids is 1. The van der Waals surface area contributed by atoms with Crippen LogP contribution in [0.3, 0.4) is 0 Å². The molecule has 5 nitrogen and oxygen atoms in total. The average molecular weight is 272 g/mol. The Morgan fingerprint density at radius 2 is 2.11 bits per heavy atom. The van der Waals surface area contributed by atoms with Gasteiger partial charge in [0.05, 0.1) is 22.9 Å². The molecule has 0 bridgehead atoms. The Kier molecular flexibility index (Phi) is 3.92. The summed E-state index contributed by atoms with van der Waals surface area (Å²) in [5.74, 6) is 0.0520. The topological polar surface area (TPSA) is 47.4 Å². The summed E-state index contributed by atoms with van der Waals surface area (Å²) in [6.07, 6.45) is 1.85. The maximum absolute atomic E-state index is 12.1. The number of hydrogen-bond donors (Lipinski definition) is 0. The van der Waals surface area contributed by atoms with Crippen LogP contribution in [-0.4, -0.2) is 45.9 Å². The van der Waals surface area contributed by atoms with E-state index in [2.05, 4.69) is 5.10 Å². The van der Waals surface area contributed by atoms with Gasteiger partial charge in [0.1, 0.15) is 6.54 Å². The van der Waals surface area contributed by atoms with Gasteiger partial charge in [0.2, 0.25) is 5.91 Å². The Labute approximate surface area is 112 Å². The SMILES string of the molecule is Cc1nn(CC(=O)N2C[C@@H](C)O[C@H](C)C2)cc1Cl. The zero-order chi connectivity index (χ0) is 13.3. The molecule has 0 aliphatic carbocycles. The van der Waals surface area contributed by atoms with Crippen LogP contribution in [0.5, 0.6) is 0 Å². The van der Waals surface area contributed by atoms with Crippen molar-refractivity contribution in [2.45, 2.75) is 39.5 Å². The number of ether oxygens (including phenoxy) is 1. The monoisotopic (exact) mass is 271 g/mol. The predicted octanol–water partition coefficient (Wildman–Crippen LogP) is 1.48. The van der Waals surface area contributed by atoms with Crippen molar-refractivity contribution in [1.29, 1.82) is 0 Å². The molecule has 6 heteroatoms. The van der Waals surface area contributed by atoms with Gasteiger partial charge < -0.3 is 9.64 Å². The fraction of sp³-hybridized carbons (Fsp3) is 0.667. The molecule has 2 heterocycles. The summed E-state index contributed by atoms with van der Waals surface area (Å²) < 4.78 is 7.19. The summed E-state index contributed by atoms with van der Waals surface area (Å²) in [7, 11) is 0. The summed E-state index contributed by atoms with van der Waals surface area (Å²) in [6, 6.07) is 0. The normalized spacial score (nSPS) is 24.3. The number of carbonyl (C=O) groups is 1. The van der Waals surface area contributed by atoms with E-state index in [1.54, 1.807) is 10.9 Å². The van der Waals surface area contributed by atoms with Crippen molar-refractivity contribution < 1.29 is 9.53 Å². The van der Waals surface area contributed by atoms with E-state index in [4.69, 9.17) is 16.3 Å². The fourth-order valence-electron chi connectivity index (χ4n) is 2.19. The lowest BCUT2D eigenvalue weighted by atomic mass is 10.2. The average Bonchev–Trinajstić information content (AvgIpc) is 2.56. The van der Waals surface area contributed by atoms with E-state index in [-0.39, 0.29) is 24.7 Å². The first-order valence-electron chi connectivity index (χ1n) is 6.08. The fourth-order valence-corrected chi connectivity index (χ4v) is 2.35. The third-order valence-electron chi connectivity index (χ3n) is 2.96. The van der Waals surface area contributed by atoms with Gasteiger partial charge in [-0.15, -0.1) is 0 Å². The highest BCUT2D eigenvalue weighted by atomic mass is 35.5. The number of hydrogen-bond acceptors (Lipinski definition) is 3. The van der Waals surface area contributed by atoms with Crippen LogP contribution in [0.25, 0.3) is 0 Å². The standard InChI is InChI=1S/C12H18ClN3O2/c1-8-4-15(5-9(2)18-8)12(17)7-16-6-11(13)10(3)14-16/h6,8-9H,4-5,7H2,1-3H3/t8-,9-/m1/s1. The highest BCUT2D eigenvalue weighted by Gasteiger charge is 2.26. The Morgan fingerprint density at radius 3 is 2.61 bits per heavy atom. The third-order valence-corrected chi connectivity index (χ3v) is 3.33. The predicted molar refractivity (Wildman–Crippen MR) is 68.6 cm³/mol. The largest absolute Gasteiger partial charge is 0.372 e. The smallest absolute Gasteiger partial charge is 0.244 e. The van der Waals surface area contributed by atoms with Crippen LogP contribution in [0, 0.1) is 6.92 Å². The second-order valence-corrected chi connectivity index (χ2v) is 5.22. The second kappa shape index (κ2) is 5.28. The van der Waals surface area contributed by atoms with E-state index in [1.165, 1.54) is 0 Å². The molecule has 1 aliphatic rings. The summed E-state index contributed by atoms with van der Waals surface area (Å²) >= 11 is 5.92. The molecule has 0 unspecified atom stereocenters. The van der Waals surface area contributed by atoms with Crippen LogP contribution in [0.4, 0.5) is 0 Å². The summed E-state index contributed by atoms with van der Waals surface area (Å²) in [5.41, 5.74) is 0.744. The Bertz CT molecular complexity index is 417. The first-order valence-corrected chi connectivity index (χ1v) is 6.46. The molecule has 0 N–H and O–H groups in total. The maximum Gasteiger partial charge on any atom is 0.244 e. The van der Waals surface area contributed by atoms with E-state index in [9.17, 15) is 4.79 Å². The molecular weight excluding hydrogens is 254 g/mol. The molecule has 2 atom stereocenters. The number of halogens is 1. The molecule has 1 fully saturated rings. The van der Waals surface area contributed by atoms with Gasteiger partial charge in [-0.05, 0) is 20.8 Å². The first-order chi connectivity index (χ1) is 8.45. The van der Waals surface area contributed by atoms with Crippen LogP contribution in [0.2, 0.25) is 5.02 Å². The number of aryl methyl sites for hydroxylation is 1. The minimum Gasteiger partial charge on any atom is -0.372 e. The molecule has 1 saturated heterocycles. The van der Waals surface area contributed by atoms with Gasteiger partial charge in [-0.3, -0.25) is 9.48 Å². The zero-order valence-corrected chi connectivity index (χ0v) is 11.6. The number of nitrogens with zero attached hydrogens (tertiary/aromatic N) is 3. The molecule has 1 aromatic rings. The lowest BCUT2D eigenvalue weighted by Crippen LogP contribution is -2.49. The van der Waals surface area contributed by atoms with E-state index in [0.717, 1.165) is 5.69 Å². The summed E-state index contributed by atoms with van der Waals surface area (Å²) in [5, 5.41) is 4.78. The molecule has 18 heavy (non-hydrogen) atoms. The van der Waals surface area contributed by atoms with Gasteiger partial charge in [-0.1, -0.05) is 11.6 Å². The quantitative estimate of drug-likeness (QED) is 0.819. The van der Waals surface area contributed by atoms with Gasteiger partial charge in [0.25, 0.3) is 0 Å². The van der Waals surface area contributed by atoms with Gasteiger partial charge in [0, 0.05) is 19.3 Å². The number of amides is 1. The van der Waals surface area contributed by atoms with Crippen LogP contribution in [0.15, 0.2) is 6.20 Å². The van der Waals surface area contributed by atoms with E-state index < -0.39 is 0 Å². The molecule has 2 rings (SSSR count). The molecule has 0 saturated carbocycles. The molecular formula is C12H18ClN3O2. The highest BCUT2D eigenvalue weighted by molar-refractivity contribution is 6.31. The molecule has 0 spiro atoms. The van der Waals surface area contributed by atoms with Crippen LogP contribution < -0.4 is 0 Å². The highest BCUT2D eigenvalue weighted by Crippen LogP contribution is 2.14. The molecule has 1 aliphatic heterocycles. The Morgan fingerprint density at radius 1 is 1.50 bits per heavy atom. The van der Waals surface area contributed by atoms with Crippen LogP contribution >= 0.6 is 11.6 Å². The van der Waals surface area contributed by atoms with Gasteiger partial charge in [-0.25, -0.2) is 0 Å². The van der Waals surface area contributed by atoms with E-state index >= 15 is 0 Å². The Hall–Kier alpha value is -1.07. The van der Waals surface area contributed by atoms with Gasteiger partial charge in [-0.2, -0.15) is 5.10 Å². The van der Waals surface area contributed by atoms with Crippen molar-refractivity contribution >= 4 is 17.5 Å². The van der Waals surface area contributed by atoms with E-state index in [0.29, 0.717) is 18.1 Å². The second-order valence-electron chi connectivity index (χ2n) is 4.82. The van der Waals surface area contributed by atoms with Crippen molar-refractivity contribution in [3.8, 4) is 0 Å². The lowest BCUT2D eigenvalue weighted by molar-refractivity contribution is -0.144. The van der Waals surface area contributed by atoms with Crippen molar-refractivity contribution in [1.82, 2.24) is 14.7 Å². The first kappa shape index (κ1) is 13.4. The third kappa shape index (κ3) is 3.03. The summed E-state index contributed by atoms with van der Waals surface area (Å²) in [4.78, 5) is 14.0. The number of rotatable bonds is 2.